The van der Waals surface area contributed by atoms with Crippen LogP contribution in [0.2, 0.25) is 5.15 Å². The maximum atomic E-state index is 11.1. The first-order valence-corrected chi connectivity index (χ1v) is 4.65. The minimum Gasteiger partial charge on any atom is -0.448 e. The third-order valence-corrected chi connectivity index (χ3v) is 2.22. The molecule has 0 bridgehead atoms. The standard InChI is InChI=1S/C9H9ClN2O2/c10-8-5-7(1-2-11-8)6-12-3-4-14-9(12)13/h1-2,5H,3-4,6H2. The van der Waals surface area contributed by atoms with Gasteiger partial charge in [0.2, 0.25) is 0 Å². The molecule has 1 saturated heterocycles. The summed E-state index contributed by atoms with van der Waals surface area (Å²) in [6.07, 6.45) is 1.36. The smallest absolute Gasteiger partial charge is 0.410 e. The number of ether oxygens (including phenoxy) is 1. The van der Waals surface area contributed by atoms with Gasteiger partial charge in [-0.05, 0) is 17.7 Å². The number of pyridine rings is 1. The predicted molar refractivity (Wildman–Crippen MR) is 51.0 cm³/mol. The molecule has 74 valence electrons. The van der Waals surface area contributed by atoms with E-state index in [1.165, 1.54) is 0 Å². The van der Waals surface area contributed by atoms with Gasteiger partial charge >= 0.3 is 6.09 Å². The highest BCUT2D eigenvalue weighted by Crippen LogP contribution is 2.12. The zero-order chi connectivity index (χ0) is 9.97. The van der Waals surface area contributed by atoms with Crippen LogP contribution in [0.15, 0.2) is 18.3 Å². The summed E-state index contributed by atoms with van der Waals surface area (Å²) >= 11 is 5.72. The highest BCUT2D eigenvalue weighted by molar-refractivity contribution is 6.29. The number of halogens is 1. The van der Waals surface area contributed by atoms with Gasteiger partial charge in [0, 0.05) is 12.7 Å². The van der Waals surface area contributed by atoms with Crippen LogP contribution in [-0.4, -0.2) is 29.1 Å². The second-order valence-corrected chi connectivity index (χ2v) is 3.41. The van der Waals surface area contributed by atoms with Crippen LogP contribution < -0.4 is 0 Å². The van der Waals surface area contributed by atoms with Crippen LogP contribution in [0.25, 0.3) is 0 Å². The second-order valence-electron chi connectivity index (χ2n) is 3.02. The number of amides is 1. The molecule has 0 aliphatic carbocycles. The van der Waals surface area contributed by atoms with E-state index in [1.807, 2.05) is 6.07 Å². The molecule has 2 rings (SSSR count). The highest BCUT2D eigenvalue weighted by Gasteiger charge is 2.21. The van der Waals surface area contributed by atoms with Crippen molar-refractivity contribution in [3.8, 4) is 0 Å². The van der Waals surface area contributed by atoms with Crippen LogP contribution in [0.1, 0.15) is 5.56 Å². The topological polar surface area (TPSA) is 42.4 Å². The van der Waals surface area contributed by atoms with Gasteiger partial charge in [-0.3, -0.25) is 0 Å². The molecular weight excluding hydrogens is 204 g/mol. The molecule has 0 unspecified atom stereocenters. The van der Waals surface area contributed by atoms with Crippen molar-refractivity contribution in [2.75, 3.05) is 13.2 Å². The van der Waals surface area contributed by atoms with E-state index in [9.17, 15) is 4.79 Å². The van der Waals surface area contributed by atoms with Gasteiger partial charge in [0.25, 0.3) is 0 Å². The van der Waals surface area contributed by atoms with Gasteiger partial charge in [-0.15, -0.1) is 0 Å². The van der Waals surface area contributed by atoms with Crippen LogP contribution in [0, 0.1) is 0 Å². The summed E-state index contributed by atoms with van der Waals surface area (Å²) < 4.78 is 4.81. The lowest BCUT2D eigenvalue weighted by molar-refractivity contribution is 0.157. The Morgan fingerprint density at radius 1 is 1.64 bits per heavy atom. The van der Waals surface area contributed by atoms with E-state index in [-0.39, 0.29) is 6.09 Å². The number of rotatable bonds is 2. The molecule has 1 aliphatic heterocycles. The van der Waals surface area contributed by atoms with Crippen molar-refractivity contribution in [3.05, 3.63) is 29.0 Å². The molecule has 1 amide bonds. The molecule has 5 heteroatoms. The van der Waals surface area contributed by atoms with Crippen molar-refractivity contribution < 1.29 is 9.53 Å². The summed E-state index contributed by atoms with van der Waals surface area (Å²) in [6, 6.07) is 3.57. The van der Waals surface area contributed by atoms with E-state index in [4.69, 9.17) is 16.3 Å². The summed E-state index contributed by atoms with van der Waals surface area (Å²) in [6.45, 7) is 1.64. The van der Waals surface area contributed by atoms with E-state index in [2.05, 4.69) is 4.98 Å². The van der Waals surface area contributed by atoms with Gasteiger partial charge in [-0.2, -0.15) is 0 Å². The minimum absolute atomic E-state index is 0.266. The van der Waals surface area contributed by atoms with E-state index in [0.29, 0.717) is 24.8 Å². The number of carbonyl (C=O) groups excluding carboxylic acids is 1. The molecular formula is C9H9ClN2O2. The van der Waals surface area contributed by atoms with Crippen LogP contribution in [0.5, 0.6) is 0 Å². The molecule has 0 spiro atoms. The fourth-order valence-corrected chi connectivity index (χ4v) is 1.53. The predicted octanol–water partition coefficient (Wildman–Crippen LogP) is 1.69. The number of hydrogen-bond acceptors (Lipinski definition) is 3. The van der Waals surface area contributed by atoms with E-state index < -0.39 is 0 Å². The minimum atomic E-state index is -0.266. The fourth-order valence-electron chi connectivity index (χ4n) is 1.33. The lowest BCUT2D eigenvalue weighted by Gasteiger charge is -2.11. The Kier molecular flexibility index (Phi) is 2.54. The van der Waals surface area contributed by atoms with E-state index in [1.54, 1.807) is 17.2 Å². The van der Waals surface area contributed by atoms with Gasteiger partial charge < -0.3 is 9.64 Å². The largest absolute Gasteiger partial charge is 0.448 e. The number of hydrogen-bond donors (Lipinski definition) is 0. The van der Waals surface area contributed by atoms with E-state index >= 15 is 0 Å². The van der Waals surface area contributed by atoms with Gasteiger partial charge in [0.05, 0.1) is 6.54 Å². The zero-order valence-corrected chi connectivity index (χ0v) is 8.20. The first-order valence-electron chi connectivity index (χ1n) is 4.28. The van der Waals surface area contributed by atoms with Crippen LogP contribution in [0.4, 0.5) is 4.79 Å². The van der Waals surface area contributed by atoms with E-state index in [0.717, 1.165) is 5.56 Å². The summed E-state index contributed by atoms with van der Waals surface area (Å²) in [4.78, 5) is 16.6. The molecule has 2 heterocycles. The summed E-state index contributed by atoms with van der Waals surface area (Å²) in [5.41, 5.74) is 0.962. The lowest BCUT2D eigenvalue weighted by atomic mass is 10.2. The molecule has 1 aliphatic rings. The van der Waals surface area contributed by atoms with Gasteiger partial charge in [-0.25, -0.2) is 9.78 Å². The quantitative estimate of drug-likeness (QED) is 0.701. The number of nitrogens with zero attached hydrogens (tertiary/aromatic N) is 2. The van der Waals surface area contributed by atoms with Gasteiger partial charge in [0.1, 0.15) is 11.8 Å². The Morgan fingerprint density at radius 3 is 3.14 bits per heavy atom. The molecule has 1 aromatic heterocycles. The Morgan fingerprint density at radius 2 is 2.50 bits per heavy atom. The molecule has 14 heavy (non-hydrogen) atoms. The molecule has 0 saturated carbocycles. The summed E-state index contributed by atoms with van der Waals surface area (Å²) in [5, 5.41) is 0.440. The molecule has 1 fully saturated rings. The van der Waals surface area contributed by atoms with Crippen LogP contribution in [-0.2, 0) is 11.3 Å². The van der Waals surface area contributed by atoms with Gasteiger partial charge in [0.15, 0.2) is 0 Å². The fraction of sp³-hybridized carbons (Fsp3) is 0.333. The maximum absolute atomic E-state index is 11.1. The first kappa shape index (κ1) is 9.27. The molecule has 1 aromatic rings. The third kappa shape index (κ3) is 1.96. The van der Waals surface area contributed by atoms with Crippen molar-refractivity contribution in [1.29, 1.82) is 0 Å². The SMILES string of the molecule is O=C1OCCN1Cc1ccnc(Cl)c1. The maximum Gasteiger partial charge on any atom is 0.410 e. The normalized spacial score (nSPS) is 15.8. The van der Waals surface area contributed by atoms with Crippen LogP contribution >= 0.6 is 11.6 Å². The average molecular weight is 213 g/mol. The molecule has 0 aromatic carbocycles. The Hall–Kier alpha value is -1.29. The zero-order valence-electron chi connectivity index (χ0n) is 7.44. The Labute approximate surface area is 86.4 Å². The molecule has 0 radical (unpaired) electrons. The third-order valence-electron chi connectivity index (χ3n) is 2.01. The van der Waals surface area contributed by atoms with Crippen molar-refractivity contribution in [3.63, 3.8) is 0 Å². The molecule has 4 nitrogen and oxygen atoms in total. The average Bonchev–Trinajstić information content (AvgIpc) is 2.52. The monoisotopic (exact) mass is 212 g/mol. The second kappa shape index (κ2) is 3.84. The van der Waals surface area contributed by atoms with Crippen molar-refractivity contribution in [1.82, 2.24) is 9.88 Å². The van der Waals surface area contributed by atoms with Crippen molar-refractivity contribution >= 4 is 17.7 Å². The number of aromatic nitrogens is 1. The summed E-state index contributed by atoms with van der Waals surface area (Å²) in [5.74, 6) is 0. The molecule has 0 N–H and O–H groups in total. The number of cyclic esters (lactones) is 1. The first-order chi connectivity index (χ1) is 6.75. The van der Waals surface area contributed by atoms with Crippen molar-refractivity contribution in [2.24, 2.45) is 0 Å². The Bertz CT molecular complexity index is 356. The lowest BCUT2D eigenvalue weighted by Crippen LogP contribution is -2.23. The highest BCUT2D eigenvalue weighted by atomic mass is 35.5. The number of carbonyl (C=O) groups is 1. The Balaban J connectivity index is 2.07. The van der Waals surface area contributed by atoms with Crippen LogP contribution in [0.3, 0.4) is 0 Å². The molecule has 0 atom stereocenters. The van der Waals surface area contributed by atoms with Crippen molar-refractivity contribution in [2.45, 2.75) is 6.54 Å². The van der Waals surface area contributed by atoms with Gasteiger partial charge in [-0.1, -0.05) is 11.6 Å². The summed E-state index contributed by atoms with van der Waals surface area (Å²) in [7, 11) is 0.